The van der Waals surface area contributed by atoms with Crippen LogP contribution in [0.15, 0.2) is 40.6 Å². The molecule has 0 spiro atoms. The van der Waals surface area contributed by atoms with Crippen LogP contribution < -0.4 is 10.9 Å². The van der Waals surface area contributed by atoms with Gasteiger partial charge < -0.3 is 25.1 Å². The number of carbonyl (C=O) groups is 1. The number of amides is 1. The second-order valence-electron chi connectivity index (χ2n) is 10.3. The van der Waals surface area contributed by atoms with Crippen molar-refractivity contribution in [2.24, 2.45) is 0 Å². The van der Waals surface area contributed by atoms with E-state index in [4.69, 9.17) is 4.98 Å². The third-order valence-electron chi connectivity index (χ3n) is 7.53. The number of nitrogens with one attached hydrogen (secondary N) is 3. The zero-order chi connectivity index (χ0) is 25.5. The highest BCUT2D eigenvalue weighted by molar-refractivity contribution is 7.10. The van der Waals surface area contributed by atoms with E-state index in [0.29, 0.717) is 29.0 Å². The van der Waals surface area contributed by atoms with Crippen molar-refractivity contribution in [2.75, 3.05) is 31.5 Å². The van der Waals surface area contributed by atoms with Gasteiger partial charge in [0, 0.05) is 48.7 Å². The molecule has 1 aromatic carbocycles. The first-order chi connectivity index (χ1) is 18.0. The molecule has 1 amide bonds. The summed E-state index contributed by atoms with van der Waals surface area (Å²) in [7, 11) is 0. The lowest BCUT2D eigenvalue weighted by Gasteiger charge is -2.20. The lowest BCUT2D eigenvalue weighted by atomic mass is 10.1. The number of pyridine rings is 1. The Morgan fingerprint density at radius 2 is 2.00 bits per heavy atom. The van der Waals surface area contributed by atoms with Crippen molar-refractivity contribution < 1.29 is 4.79 Å². The van der Waals surface area contributed by atoms with Gasteiger partial charge in [-0.05, 0) is 80.6 Å². The fraction of sp³-hybridized carbons (Fsp3) is 0.393. The molecule has 1 unspecified atom stereocenters. The zero-order valence-corrected chi connectivity index (χ0v) is 22.1. The lowest BCUT2D eigenvalue weighted by Crippen LogP contribution is -2.33. The summed E-state index contributed by atoms with van der Waals surface area (Å²) in [6, 6.07) is 8.03. The molecule has 9 heteroatoms. The largest absolute Gasteiger partial charge is 0.381 e. The van der Waals surface area contributed by atoms with E-state index >= 15 is 0 Å². The van der Waals surface area contributed by atoms with Crippen LogP contribution >= 0.6 is 11.3 Å². The summed E-state index contributed by atoms with van der Waals surface area (Å²) in [4.78, 5) is 42.6. The van der Waals surface area contributed by atoms with Crippen LogP contribution in [-0.2, 0) is 13.0 Å². The number of fused-ring (bicyclic) bond motifs is 2. The van der Waals surface area contributed by atoms with Gasteiger partial charge in [0.1, 0.15) is 11.4 Å². The third kappa shape index (κ3) is 4.69. The number of nitrogens with zero attached hydrogens (tertiary/aromatic N) is 3. The van der Waals surface area contributed by atoms with Crippen LogP contribution in [0.1, 0.15) is 46.1 Å². The highest BCUT2D eigenvalue weighted by Crippen LogP contribution is 2.30. The number of likely N-dealkylation sites (tertiary alicyclic amines) is 1. The van der Waals surface area contributed by atoms with E-state index in [2.05, 4.69) is 45.5 Å². The van der Waals surface area contributed by atoms with Gasteiger partial charge in [-0.2, -0.15) is 0 Å². The fourth-order valence-electron chi connectivity index (χ4n) is 5.49. The number of aromatic amines is 2. The number of rotatable bonds is 8. The molecule has 0 radical (unpaired) electrons. The Morgan fingerprint density at radius 3 is 2.78 bits per heavy atom. The van der Waals surface area contributed by atoms with Gasteiger partial charge in [-0.15, -0.1) is 11.3 Å². The Kier molecular flexibility index (Phi) is 6.34. The van der Waals surface area contributed by atoms with E-state index in [0.717, 1.165) is 49.4 Å². The first kappa shape index (κ1) is 23.9. The molecule has 37 heavy (non-hydrogen) atoms. The Labute approximate surface area is 219 Å². The van der Waals surface area contributed by atoms with Crippen LogP contribution in [0.25, 0.3) is 22.4 Å². The van der Waals surface area contributed by atoms with Crippen LogP contribution in [0.4, 0.5) is 5.69 Å². The summed E-state index contributed by atoms with van der Waals surface area (Å²) >= 11 is 1.76. The molecular formula is C28H32N6O2S. The maximum Gasteiger partial charge on any atom is 0.261 e. The van der Waals surface area contributed by atoms with Crippen LogP contribution in [0.3, 0.4) is 0 Å². The molecule has 8 nitrogen and oxygen atoms in total. The second-order valence-corrected chi connectivity index (χ2v) is 11.3. The summed E-state index contributed by atoms with van der Waals surface area (Å²) in [6.45, 7) is 8.80. The average molecular weight is 517 g/mol. The van der Waals surface area contributed by atoms with Gasteiger partial charge in [0.05, 0.1) is 16.7 Å². The summed E-state index contributed by atoms with van der Waals surface area (Å²) in [5.74, 6) is 0.569. The first-order valence-corrected chi connectivity index (χ1v) is 13.9. The molecule has 6 rings (SSSR count). The van der Waals surface area contributed by atoms with Crippen LogP contribution in [0.5, 0.6) is 0 Å². The molecule has 4 aromatic rings. The van der Waals surface area contributed by atoms with Gasteiger partial charge in [0.15, 0.2) is 0 Å². The topological polar surface area (TPSA) is 97.1 Å². The van der Waals surface area contributed by atoms with Crippen LogP contribution in [-0.4, -0.2) is 62.9 Å². The number of aryl methyl sites for hydroxylation is 1. The Bertz CT molecular complexity index is 1510. The van der Waals surface area contributed by atoms with E-state index in [9.17, 15) is 9.59 Å². The van der Waals surface area contributed by atoms with Crippen molar-refractivity contribution in [1.29, 1.82) is 0 Å². The van der Waals surface area contributed by atoms with Crippen molar-refractivity contribution in [3.63, 3.8) is 0 Å². The van der Waals surface area contributed by atoms with Crippen molar-refractivity contribution in [1.82, 2.24) is 24.8 Å². The summed E-state index contributed by atoms with van der Waals surface area (Å²) < 4.78 is 0. The van der Waals surface area contributed by atoms with Crippen molar-refractivity contribution in [2.45, 2.75) is 45.7 Å². The fourth-order valence-corrected chi connectivity index (χ4v) is 6.52. The van der Waals surface area contributed by atoms with Gasteiger partial charge in [0.2, 0.25) is 0 Å². The minimum absolute atomic E-state index is 0.0678. The van der Waals surface area contributed by atoms with Crippen molar-refractivity contribution >= 4 is 34.0 Å². The van der Waals surface area contributed by atoms with E-state index in [-0.39, 0.29) is 17.5 Å². The number of aromatic nitrogens is 3. The Balaban J connectivity index is 1.24. The Hall–Kier alpha value is -3.43. The monoisotopic (exact) mass is 516 g/mol. The number of hydrogen-bond acceptors (Lipinski definition) is 6. The molecule has 0 bridgehead atoms. The van der Waals surface area contributed by atoms with Crippen molar-refractivity contribution in [3.05, 3.63) is 67.8 Å². The average Bonchev–Trinajstić information content (AvgIpc) is 3.66. The molecule has 1 saturated heterocycles. The number of benzene rings is 1. The molecule has 3 aromatic heterocycles. The predicted molar refractivity (Wildman–Crippen MR) is 148 cm³/mol. The molecule has 1 atom stereocenters. The SMILES string of the molecule is Cc1ccsc1CC(C)Nc1cc[nH]c(=O)c1-c1nc2cc3c(cc2[nH]1)CN(CCN1CCCC1)C3=O. The molecule has 2 aliphatic heterocycles. The molecule has 2 aliphatic rings. The number of thiophene rings is 1. The molecule has 1 fully saturated rings. The molecule has 0 saturated carbocycles. The molecule has 192 valence electrons. The first-order valence-electron chi connectivity index (χ1n) is 13.0. The van der Waals surface area contributed by atoms with Gasteiger partial charge in [-0.3, -0.25) is 9.59 Å². The summed E-state index contributed by atoms with van der Waals surface area (Å²) in [5.41, 5.74) is 5.55. The van der Waals surface area contributed by atoms with Gasteiger partial charge in [-0.1, -0.05) is 0 Å². The molecule has 3 N–H and O–H groups in total. The third-order valence-corrected chi connectivity index (χ3v) is 8.58. The highest BCUT2D eigenvalue weighted by Gasteiger charge is 2.29. The van der Waals surface area contributed by atoms with E-state index < -0.39 is 0 Å². The maximum atomic E-state index is 13.1. The second kappa shape index (κ2) is 9.79. The molecule has 0 aliphatic carbocycles. The number of hydrogen-bond donors (Lipinski definition) is 3. The number of H-pyrrole nitrogens is 2. The molecule has 5 heterocycles. The number of imidazole rings is 1. The Morgan fingerprint density at radius 1 is 1.16 bits per heavy atom. The van der Waals surface area contributed by atoms with Crippen LogP contribution in [0, 0.1) is 6.92 Å². The predicted octanol–water partition coefficient (Wildman–Crippen LogP) is 4.38. The normalized spacial score (nSPS) is 16.6. The van der Waals surface area contributed by atoms with Crippen molar-refractivity contribution in [3.8, 4) is 11.4 Å². The maximum absolute atomic E-state index is 13.1. The number of carbonyl (C=O) groups excluding carboxylic acids is 1. The zero-order valence-electron chi connectivity index (χ0n) is 21.3. The van der Waals surface area contributed by atoms with E-state index in [1.165, 1.54) is 23.3 Å². The smallest absolute Gasteiger partial charge is 0.261 e. The van der Waals surface area contributed by atoms with E-state index in [1.54, 1.807) is 17.5 Å². The van der Waals surface area contributed by atoms with Gasteiger partial charge >= 0.3 is 0 Å². The summed E-state index contributed by atoms with van der Waals surface area (Å²) in [5, 5.41) is 5.63. The van der Waals surface area contributed by atoms with Gasteiger partial charge in [-0.25, -0.2) is 4.98 Å². The standard InChI is InChI=1S/C28H32N6O2S/c1-17-6-12-37-24(17)13-18(2)30-21-5-7-29-27(35)25(21)26-31-22-14-19-16-34(11-10-33-8-3-4-9-33)28(36)20(19)15-23(22)32-26/h5-7,12,14-15,18H,3-4,8-11,13,16H2,1-2H3,(H,31,32)(H2,29,30,35). The van der Waals surface area contributed by atoms with Crippen LogP contribution in [0.2, 0.25) is 0 Å². The van der Waals surface area contributed by atoms with E-state index in [1.807, 2.05) is 23.1 Å². The van der Waals surface area contributed by atoms with Gasteiger partial charge in [0.25, 0.3) is 11.5 Å². The quantitative estimate of drug-likeness (QED) is 0.323. The minimum atomic E-state index is -0.208. The highest BCUT2D eigenvalue weighted by atomic mass is 32.1. The number of anilines is 1. The molecular weight excluding hydrogens is 484 g/mol. The minimum Gasteiger partial charge on any atom is -0.381 e. The summed E-state index contributed by atoms with van der Waals surface area (Å²) in [6.07, 6.45) is 5.03. The lowest BCUT2D eigenvalue weighted by molar-refractivity contribution is 0.0763.